The van der Waals surface area contributed by atoms with Gasteiger partial charge in [-0.15, -0.1) is 0 Å². The molecule has 0 bridgehead atoms. The molecule has 1 aliphatic carbocycles. The van der Waals surface area contributed by atoms with Crippen molar-refractivity contribution in [3.8, 4) is 0 Å². The molecule has 1 aliphatic rings. The first-order chi connectivity index (χ1) is 6.09. The Morgan fingerprint density at radius 3 is 2.54 bits per heavy atom. The molecule has 0 N–H and O–H groups in total. The molecule has 1 aromatic heterocycles. The van der Waals surface area contributed by atoms with Gasteiger partial charge < -0.3 is 0 Å². The summed E-state index contributed by atoms with van der Waals surface area (Å²) >= 11 is 0. The molecule has 1 nitrogen and oxygen atoms in total. The maximum Gasteiger partial charge on any atom is 0.0491 e. The number of pyridine rings is 1. The van der Waals surface area contributed by atoms with Crippen molar-refractivity contribution in [3.63, 3.8) is 0 Å². The van der Waals surface area contributed by atoms with Crippen LogP contribution in [0.5, 0.6) is 0 Å². The first kappa shape index (κ1) is 8.74. The Balaban J connectivity index is 2.43. The van der Waals surface area contributed by atoms with E-state index < -0.39 is 0 Å². The van der Waals surface area contributed by atoms with Gasteiger partial charge in [-0.25, -0.2) is 0 Å². The molecular weight excluding hydrogens is 158 g/mol. The largest absolute Gasteiger partial charge is 0.260 e. The normalized spacial score (nSPS) is 17.5. The number of nitrogens with zero attached hydrogens (tertiary/aromatic N) is 1. The predicted molar refractivity (Wildman–Crippen MR) is 54.9 cm³/mol. The van der Waals surface area contributed by atoms with Gasteiger partial charge in [-0.05, 0) is 30.4 Å². The molecule has 0 amide bonds. The van der Waals surface area contributed by atoms with Gasteiger partial charge in [0.15, 0.2) is 0 Å². The van der Waals surface area contributed by atoms with E-state index in [-0.39, 0.29) is 5.41 Å². The molecule has 0 unspecified atom stereocenters. The maximum absolute atomic E-state index is 4.51. The summed E-state index contributed by atoms with van der Waals surface area (Å²) in [5, 5.41) is 0. The second-order valence-corrected chi connectivity index (χ2v) is 4.97. The topological polar surface area (TPSA) is 12.9 Å². The van der Waals surface area contributed by atoms with Gasteiger partial charge >= 0.3 is 0 Å². The highest BCUT2D eigenvalue weighted by Gasteiger charge is 2.30. The van der Waals surface area contributed by atoms with Crippen LogP contribution in [0.25, 0.3) is 0 Å². The summed E-state index contributed by atoms with van der Waals surface area (Å²) in [5.74, 6) is 0.808. The van der Waals surface area contributed by atoms with Gasteiger partial charge in [0.2, 0.25) is 0 Å². The van der Waals surface area contributed by atoms with Crippen molar-refractivity contribution in [2.24, 2.45) is 0 Å². The third-order valence-electron chi connectivity index (χ3n) is 2.57. The van der Waals surface area contributed by atoms with Crippen LogP contribution >= 0.6 is 0 Å². The average Bonchev–Trinajstić information content (AvgIpc) is 2.85. The SMILES string of the molecule is CC(C)(C)c1ncccc1C1CC1. The molecule has 70 valence electrons. The van der Waals surface area contributed by atoms with Crippen molar-refractivity contribution in [3.05, 3.63) is 29.6 Å². The van der Waals surface area contributed by atoms with Crippen molar-refractivity contribution in [1.29, 1.82) is 0 Å². The molecule has 0 saturated heterocycles. The number of hydrogen-bond acceptors (Lipinski definition) is 1. The standard InChI is InChI=1S/C12H17N/c1-12(2,3)11-10(9-6-7-9)5-4-8-13-11/h4-5,8-9H,6-7H2,1-3H3. The Morgan fingerprint density at radius 1 is 1.31 bits per heavy atom. The predicted octanol–water partition coefficient (Wildman–Crippen LogP) is 3.26. The summed E-state index contributed by atoms with van der Waals surface area (Å²) in [6.07, 6.45) is 4.62. The second kappa shape index (κ2) is 2.83. The molecule has 0 radical (unpaired) electrons. The Labute approximate surface area is 80.2 Å². The molecular formula is C12H17N. The fraction of sp³-hybridized carbons (Fsp3) is 0.583. The minimum atomic E-state index is 0.194. The van der Waals surface area contributed by atoms with Gasteiger partial charge in [0.25, 0.3) is 0 Å². The van der Waals surface area contributed by atoms with E-state index in [0.717, 1.165) is 5.92 Å². The minimum Gasteiger partial charge on any atom is -0.260 e. The lowest BCUT2D eigenvalue weighted by Crippen LogP contribution is -2.15. The quantitative estimate of drug-likeness (QED) is 0.638. The lowest BCUT2D eigenvalue weighted by molar-refractivity contribution is 0.560. The van der Waals surface area contributed by atoms with Crippen LogP contribution in [-0.4, -0.2) is 4.98 Å². The van der Waals surface area contributed by atoms with E-state index in [1.165, 1.54) is 24.1 Å². The van der Waals surface area contributed by atoms with Gasteiger partial charge in [0.05, 0.1) is 0 Å². The van der Waals surface area contributed by atoms with Gasteiger partial charge in [0.1, 0.15) is 0 Å². The Bertz CT molecular complexity index is 305. The molecule has 13 heavy (non-hydrogen) atoms. The Kier molecular flexibility index (Phi) is 1.90. The summed E-state index contributed by atoms with van der Waals surface area (Å²) in [6.45, 7) is 6.71. The molecule has 0 spiro atoms. The Morgan fingerprint density at radius 2 is 2.00 bits per heavy atom. The van der Waals surface area contributed by atoms with Crippen molar-refractivity contribution in [2.45, 2.75) is 44.9 Å². The summed E-state index contributed by atoms with van der Waals surface area (Å²) in [6, 6.07) is 4.30. The van der Waals surface area contributed by atoms with Crippen LogP contribution in [-0.2, 0) is 5.41 Å². The Hall–Kier alpha value is -0.850. The highest BCUT2D eigenvalue weighted by atomic mass is 14.7. The lowest BCUT2D eigenvalue weighted by Gasteiger charge is -2.21. The zero-order valence-electron chi connectivity index (χ0n) is 8.67. The molecule has 1 fully saturated rings. The van der Waals surface area contributed by atoms with Crippen LogP contribution < -0.4 is 0 Å². The minimum absolute atomic E-state index is 0.194. The summed E-state index contributed by atoms with van der Waals surface area (Å²) in [7, 11) is 0. The second-order valence-electron chi connectivity index (χ2n) is 4.97. The lowest BCUT2D eigenvalue weighted by atomic mass is 9.87. The van der Waals surface area contributed by atoms with Crippen LogP contribution in [0.1, 0.15) is 50.8 Å². The van der Waals surface area contributed by atoms with E-state index in [2.05, 4.69) is 37.9 Å². The van der Waals surface area contributed by atoms with Crippen molar-refractivity contribution in [2.75, 3.05) is 0 Å². The highest BCUT2D eigenvalue weighted by molar-refractivity contribution is 5.32. The number of rotatable bonds is 1. The maximum atomic E-state index is 4.51. The highest BCUT2D eigenvalue weighted by Crippen LogP contribution is 2.43. The first-order valence-electron chi connectivity index (χ1n) is 5.04. The van der Waals surface area contributed by atoms with Crippen molar-refractivity contribution in [1.82, 2.24) is 4.98 Å². The molecule has 1 aromatic rings. The van der Waals surface area contributed by atoms with E-state index in [9.17, 15) is 0 Å². The van der Waals surface area contributed by atoms with Crippen LogP contribution in [0.3, 0.4) is 0 Å². The van der Waals surface area contributed by atoms with Gasteiger partial charge in [0, 0.05) is 17.3 Å². The molecule has 0 aliphatic heterocycles. The molecule has 1 heteroatoms. The fourth-order valence-corrected chi connectivity index (χ4v) is 1.77. The van der Waals surface area contributed by atoms with Crippen molar-refractivity contribution >= 4 is 0 Å². The van der Waals surface area contributed by atoms with Gasteiger partial charge in [-0.2, -0.15) is 0 Å². The van der Waals surface area contributed by atoms with E-state index in [4.69, 9.17) is 0 Å². The van der Waals surface area contributed by atoms with Gasteiger partial charge in [-0.1, -0.05) is 26.8 Å². The fourth-order valence-electron chi connectivity index (χ4n) is 1.77. The van der Waals surface area contributed by atoms with E-state index in [0.29, 0.717) is 0 Å². The summed E-state index contributed by atoms with van der Waals surface area (Å²) in [4.78, 5) is 4.51. The van der Waals surface area contributed by atoms with E-state index >= 15 is 0 Å². The van der Waals surface area contributed by atoms with Gasteiger partial charge in [-0.3, -0.25) is 4.98 Å². The van der Waals surface area contributed by atoms with Crippen LogP contribution in [0.2, 0.25) is 0 Å². The summed E-state index contributed by atoms with van der Waals surface area (Å²) in [5.41, 5.74) is 2.96. The average molecular weight is 175 g/mol. The van der Waals surface area contributed by atoms with Crippen LogP contribution in [0.15, 0.2) is 18.3 Å². The zero-order chi connectivity index (χ0) is 9.47. The molecule has 1 heterocycles. The van der Waals surface area contributed by atoms with Crippen LogP contribution in [0, 0.1) is 0 Å². The third-order valence-corrected chi connectivity index (χ3v) is 2.57. The number of aromatic nitrogens is 1. The third kappa shape index (κ3) is 1.74. The molecule has 0 atom stereocenters. The smallest absolute Gasteiger partial charge is 0.0491 e. The summed E-state index contributed by atoms with van der Waals surface area (Å²) < 4.78 is 0. The first-order valence-corrected chi connectivity index (χ1v) is 5.04. The molecule has 1 saturated carbocycles. The van der Waals surface area contributed by atoms with Crippen LogP contribution in [0.4, 0.5) is 0 Å². The molecule has 2 rings (SSSR count). The zero-order valence-corrected chi connectivity index (χ0v) is 8.67. The number of hydrogen-bond donors (Lipinski definition) is 0. The van der Waals surface area contributed by atoms with E-state index in [1.54, 1.807) is 0 Å². The monoisotopic (exact) mass is 175 g/mol. The molecule has 0 aromatic carbocycles. The van der Waals surface area contributed by atoms with E-state index in [1.807, 2.05) is 6.20 Å². The van der Waals surface area contributed by atoms with Crippen molar-refractivity contribution < 1.29 is 0 Å².